The van der Waals surface area contributed by atoms with Crippen molar-refractivity contribution in [2.75, 3.05) is 6.54 Å². The minimum absolute atomic E-state index is 0.177. The van der Waals surface area contributed by atoms with Crippen molar-refractivity contribution in [2.24, 2.45) is 17.6 Å². The maximum Gasteiger partial charge on any atom is 0.314 e. The highest BCUT2D eigenvalue weighted by molar-refractivity contribution is 6.07. The van der Waals surface area contributed by atoms with E-state index < -0.39 is 17.7 Å². The molecule has 0 aliphatic rings. The van der Waals surface area contributed by atoms with Crippen LogP contribution in [0.1, 0.15) is 13.8 Å². The average Bonchev–Trinajstić information content (AvgIpc) is 2.03. The van der Waals surface area contributed by atoms with Crippen LogP contribution >= 0.6 is 0 Å². The third-order valence-electron chi connectivity index (χ3n) is 1.91. The molecule has 2 unspecified atom stereocenters. The molecular formula is C9H15NO3. The van der Waals surface area contributed by atoms with Gasteiger partial charge in [0.25, 0.3) is 0 Å². The molecule has 0 aromatic heterocycles. The summed E-state index contributed by atoms with van der Waals surface area (Å²) in [5.74, 6) is -2.99. The van der Waals surface area contributed by atoms with Gasteiger partial charge in [-0.25, -0.2) is 0 Å². The number of carbonyl (C=O) groups excluding carboxylic acids is 1. The molecule has 74 valence electrons. The number of ketones is 1. The van der Waals surface area contributed by atoms with E-state index >= 15 is 0 Å². The Kier molecular flexibility index (Phi) is 4.34. The van der Waals surface area contributed by atoms with E-state index in [0.29, 0.717) is 0 Å². The third-order valence-corrected chi connectivity index (χ3v) is 1.91. The van der Waals surface area contributed by atoms with E-state index in [-0.39, 0.29) is 18.0 Å². The largest absolute Gasteiger partial charge is 0.481 e. The highest BCUT2D eigenvalue weighted by Crippen LogP contribution is 2.15. The summed E-state index contributed by atoms with van der Waals surface area (Å²) in [5.41, 5.74) is 5.56. The Labute approximate surface area is 77.4 Å². The van der Waals surface area contributed by atoms with Gasteiger partial charge in [0.1, 0.15) is 5.92 Å². The van der Waals surface area contributed by atoms with Crippen LogP contribution in [0.3, 0.4) is 0 Å². The molecule has 0 bridgehead atoms. The number of nitrogens with two attached hydrogens (primary N) is 1. The molecule has 0 radical (unpaired) electrons. The third kappa shape index (κ3) is 2.99. The summed E-state index contributed by atoms with van der Waals surface area (Å²) in [5, 5.41) is 8.78. The van der Waals surface area contributed by atoms with Crippen molar-refractivity contribution in [1.82, 2.24) is 0 Å². The number of allylic oxidation sites excluding steroid dienone is 1. The van der Waals surface area contributed by atoms with E-state index in [0.717, 1.165) is 0 Å². The van der Waals surface area contributed by atoms with Crippen LogP contribution in [0, 0.1) is 11.8 Å². The van der Waals surface area contributed by atoms with Crippen molar-refractivity contribution < 1.29 is 14.7 Å². The fourth-order valence-electron chi connectivity index (χ4n) is 1.02. The molecule has 3 N–H and O–H groups in total. The van der Waals surface area contributed by atoms with E-state index in [2.05, 4.69) is 6.58 Å². The Bertz CT molecular complexity index is 235. The minimum Gasteiger partial charge on any atom is -0.481 e. The normalized spacial score (nSPS) is 14.7. The summed E-state index contributed by atoms with van der Waals surface area (Å²) < 4.78 is 0. The van der Waals surface area contributed by atoms with Crippen LogP contribution in [0.25, 0.3) is 0 Å². The van der Waals surface area contributed by atoms with Crippen LogP contribution in [0.5, 0.6) is 0 Å². The second-order valence-electron chi connectivity index (χ2n) is 3.17. The maximum atomic E-state index is 11.3. The highest BCUT2D eigenvalue weighted by Gasteiger charge is 2.31. The number of carboxylic acid groups (broad SMARTS) is 1. The topological polar surface area (TPSA) is 80.4 Å². The first-order valence-corrected chi connectivity index (χ1v) is 4.04. The van der Waals surface area contributed by atoms with E-state index in [4.69, 9.17) is 10.8 Å². The van der Waals surface area contributed by atoms with Gasteiger partial charge in [-0.1, -0.05) is 13.5 Å². The number of hydrogen-bond donors (Lipinski definition) is 2. The number of hydrogen-bond acceptors (Lipinski definition) is 3. The maximum absolute atomic E-state index is 11.3. The fraction of sp³-hybridized carbons (Fsp3) is 0.556. The van der Waals surface area contributed by atoms with Crippen LogP contribution in [0.2, 0.25) is 0 Å². The first-order chi connectivity index (χ1) is 5.91. The van der Waals surface area contributed by atoms with Gasteiger partial charge in [0.2, 0.25) is 0 Å². The van der Waals surface area contributed by atoms with Gasteiger partial charge in [-0.05, 0) is 25.0 Å². The Morgan fingerprint density at radius 3 is 2.23 bits per heavy atom. The molecule has 2 atom stereocenters. The Hall–Kier alpha value is -1.16. The molecule has 0 saturated carbocycles. The predicted octanol–water partition coefficient (Wildman–Crippen LogP) is 0.427. The molecule has 0 amide bonds. The van der Waals surface area contributed by atoms with Gasteiger partial charge in [-0.3, -0.25) is 9.59 Å². The Balaban J connectivity index is 4.71. The van der Waals surface area contributed by atoms with Crippen molar-refractivity contribution in [3.05, 3.63) is 12.2 Å². The molecule has 13 heavy (non-hydrogen) atoms. The summed E-state index contributed by atoms with van der Waals surface area (Å²) in [4.78, 5) is 22.1. The van der Waals surface area contributed by atoms with Gasteiger partial charge in [0.15, 0.2) is 5.78 Å². The summed E-state index contributed by atoms with van der Waals surface area (Å²) >= 11 is 0. The van der Waals surface area contributed by atoms with E-state index in [1.54, 1.807) is 6.92 Å². The van der Waals surface area contributed by atoms with Gasteiger partial charge in [-0.2, -0.15) is 0 Å². The summed E-state index contributed by atoms with van der Waals surface area (Å²) in [6, 6.07) is 0. The second-order valence-corrected chi connectivity index (χ2v) is 3.17. The quantitative estimate of drug-likeness (QED) is 0.480. The van der Waals surface area contributed by atoms with Crippen molar-refractivity contribution in [3.63, 3.8) is 0 Å². The lowest BCUT2D eigenvalue weighted by Crippen LogP contribution is -2.34. The van der Waals surface area contributed by atoms with E-state index in [1.165, 1.54) is 6.92 Å². The average molecular weight is 185 g/mol. The molecule has 0 aromatic carbocycles. The van der Waals surface area contributed by atoms with E-state index in [1.807, 2.05) is 0 Å². The molecule has 4 heteroatoms. The molecule has 0 aromatic rings. The van der Waals surface area contributed by atoms with Gasteiger partial charge < -0.3 is 10.8 Å². The molecule has 0 heterocycles. The predicted molar refractivity (Wildman–Crippen MR) is 49.2 cm³/mol. The molecule has 4 nitrogen and oxygen atoms in total. The number of carboxylic acids is 1. The van der Waals surface area contributed by atoms with Crippen LogP contribution in [0.4, 0.5) is 0 Å². The lowest BCUT2D eigenvalue weighted by molar-refractivity contribution is -0.147. The smallest absolute Gasteiger partial charge is 0.314 e. The molecule has 0 fully saturated rings. The number of aliphatic carboxylic acids is 1. The second kappa shape index (κ2) is 4.77. The zero-order valence-corrected chi connectivity index (χ0v) is 7.91. The van der Waals surface area contributed by atoms with Gasteiger partial charge in [0.05, 0.1) is 0 Å². The summed E-state index contributed by atoms with van der Waals surface area (Å²) in [7, 11) is 0. The lowest BCUT2D eigenvalue weighted by atomic mass is 9.87. The zero-order chi connectivity index (χ0) is 10.6. The van der Waals surface area contributed by atoms with Gasteiger partial charge in [-0.15, -0.1) is 0 Å². The summed E-state index contributed by atoms with van der Waals surface area (Å²) in [6.07, 6.45) is 0. The van der Waals surface area contributed by atoms with Gasteiger partial charge >= 0.3 is 5.97 Å². The van der Waals surface area contributed by atoms with Crippen molar-refractivity contribution >= 4 is 11.8 Å². The first-order valence-electron chi connectivity index (χ1n) is 4.04. The van der Waals surface area contributed by atoms with E-state index in [9.17, 15) is 9.59 Å². The SMILES string of the molecule is C=C(C)C(=O)C(C(=O)O)C(C)CN. The fourth-order valence-corrected chi connectivity index (χ4v) is 1.02. The molecular weight excluding hydrogens is 170 g/mol. The van der Waals surface area contributed by atoms with Crippen molar-refractivity contribution in [1.29, 1.82) is 0 Å². The molecule has 0 saturated heterocycles. The summed E-state index contributed by atoms with van der Waals surface area (Å²) in [6.45, 7) is 6.74. The first kappa shape index (κ1) is 11.8. The molecule has 0 spiro atoms. The number of carbonyl (C=O) groups is 2. The number of Topliss-reactive ketones (excluding diaryl/α,β-unsaturated/α-hetero) is 1. The Morgan fingerprint density at radius 2 is 2.00 bits per heavy atom. The molecule has 0 aliphatic carbocycles. The standard InChI is InChI=1S/C9H15NO3/c1-5(2)8(11)7(9(12)13)6(3)4-10/h6-7H,1,4,10H2,2-3H3,(H,12,13). The number of rotatable bonds is 5. The lowest BCUT2D eigenvalue weighted by Gasteiger charge is -2.16. The van der Waals surface area contributed by atoms with Crippen molar-refractivity contribution in [2.45, 2.75) is 13.8 Å². The molecule has 0 aliphatic heterocycles. The Morgan fingerprint density at radius 1 is 1.54 bits per heavy atom. The zero-order valence-electron chi connectivity index (χ0n) is 7.91. The highest BCUT2D eigenvalue weighted by atomic mass is 16.4. The monoisotopic (exact) mass is 185 g/mol. The van der Waals surface area contributed by atoms with Crippen LogP contribution in [-0.2, 0) is 9.59 Å². The van der Waals surface area contributed by atoms with Crippen molar-refractivity contribution in [3.8, 4) is 0 Å². The van der Waals surface area contributed by atoms with Crippen LogP contribution < -0.4 is 5.73 Å². The molecule has 0 rings (SSSR count). The van der Waals surface area contributed by atoms with Crippen LogP contribution in [-0.4, -0.2) is 23.4 Å². The van der Waals surface area contributed by atoms with Crippen LogP contribution in [0.15, 0.2) is 12.2 Å². The minimum atomic E-state index is -1.13. The van der Waals surface area contributed by atoms with Gasteiger partial charge in [0, 0.05) is 0 Å².